The molecule has 0 aliphatic carbocycles. The number of imidazole rings is 1. The molecule has 2 N–H and O–H groups in total. The summed E-state index contributed by atoms with van der Waals surface area (Å²) in [6.07, 6.45) is -0.740. The SMILES string of the molecule is CC(=O)O[C@@H]1[C@H](OC(C)=O)/C(=C/F)O[C@H]1n1cnc2c(N)ncnc21. The van der Waals surface area contributed by atoms with Crippen molar-refractivity contribution < 1.29 is 28.2 Å². The molecule has 1 saturated heterocycles. The minimum atomic E-state index is -1.24. The molecule has 1 aliphatic rings. The van der Waals surface area contributed by atoms with E-state index in [1.54, 1.807) is 0 Å². The number of aromatic nitrogens is 4. The van der Waals surface area contributed by atoms with Crippen molar-refractivity contribution in [3.63, 3.8) is 0 Å². The summed E-state index contributed by atoms with van der Waals surface area (Å²) < 4.78 is 30.3. The number of ether oxygens (including phenoxy) is 3. The first-order valence-corrected chi connectivity index (χ1v) is 7.16. The first kappa shape index (κ1) is 16.6. The number of hydrogen-bond acceptors (Lipinski definition) is 9. The van der Waals surface area contributed by atoms with Crippen LogP contribution in [-0.4, -0.2) is 43.7 Å². The topological polar surface area (TPSA) is 131 Å². The largest absolute Gasteiger partial charge is 0.464 e. The molecule has 2 aromatic rings. The van der Waals surface area contributed by atoms with Crippen LogP contribution in [0.4, 0.5) is 10.2 Å². The van der Waals surface area contributed by atoms with Crippen LogP contribution in [0, 0.1) is 0 Å². The molecule has 0 spiro atoms. The number of hydrogen-bond donors (Lipinski definition) is 1. The quantitative estimate of drug-likeness (QED) is 0.790. The summed E-state index contributed by atoms with van der Waals surface area (Å²) in [6.45, 7) is 2.32. The van der Waals surface area contributed by atoms with E-state index in [2.05, 4.69) is 15.0 Å². The number of nitrogens with two attached hydrogens (primary N) is 1. The van der Waals surface area contributed by atoms with Crippen LogP contribution in [0.2, 0.25) is 0 Å². The van der Waals surface area contributed by atoms with Gasteiger partial charge in [0.15, 0.2) is 17.2 Å². The lowest BCUT2D eigenvalue weighted by molar-refractivity contribution is -0.164. The van der Waals surface area contributed by atoms with Crippen LogP contribution in [0.25, 0.3) is 11.2 Å². The van der Waals surface area contributed by atoms with Crippen LogP contribution < -0.4 is 5.73 Å². The number of carbonyl (C=O) groups excluding carboxylic acids is 2. The molecule has 132 valence electrons. The van der Waals surface area contributed by atoms with Crippen LogP contribution in [0.3, 0.4) is 0 Å². The molecule has 0 radical (unpaired) electrons. The molecule has 3 heterocycles. The predicted molar refractivity (Wildman–Crippen MR) is 80.2 cm³/mol. The lowest BCUT2D eigenvalue weighted by Gasteiger charge is -2.21. The van der Waals surface area contributed by atoms with Crippen molar-refractivity contribution in [2.75, 3.05) is 5.73 Å². The van der Waals surface area contributed by atoms with Crippen LogP contribution in [-0.2, 0) is 23.8 Å². The Morgan fingerprint density at radius 2 is 2.00 bits per heavy atom. The third-order valence-electron chi connectivity index (χ3n) is 3.48. The first-order chi connectivity index (χ1) is 11.9. The Bertz CT molecular complexity index is 866. The smallest absolute Gasteiger partial charge is 0.303 e. The van der Waals surface area contributed by atoms with Crippen molar-refractivity contribution in [3.8, 4) is 0 Å². The standard InChI is InChI=1S/C14H14FN5O5/c1-6(21)23-10-8(3-15)25-14(11(10)24-7(2)22)20-5-19-9-12(16)17-4-18-13(9)20/h3-5,10-11,14H,1-2H3,(H2,16,17,18)/b8-3-/t10-,11-,14-/m1/s1. The van der Waals surface area contributed by atoms with Crippen molar-refractivity contribution in [3.05, 3.63) is 24.7 Å². The van der Waals surface area contributed by atoms with E-state index < -0.39 is 30.4 Å². The van der Waals surface area contributed by atoms with Gasteiger partial charge in [0.05, 0.1) is 0 Å². The zero-order valence-corrected chi connectivity index (χ0v) is 13.2. The summed E-state index contributed by atoms with van der Waals surface area (Å²) in [6, 6.07) is 0. The van der Waals surface area contributed by atoms with E-state index in [0.717, 1.165) is 6.92 Å². The lowest BCUT2D eigenvalue weighted by atomic mass is 10.2. The van der Waals surface area contributed by atoms with Gasteiger partial charge in [0, 0.05) is 13.8 Å². The van der Waals surface area contributed by atoms with E-state index in [-0.39, 0.29) is 23.6 Å². The van der Waals surface area contributed by atoms with Gasteiger partial charge in [-0.1, -0.05) is 0 Å². The van der Waals surface area contributed by atoms with E-state index in [1.807, 2.05) is 0 Å². The Morgan fingerprint density at radius 1 is 1.28 bits per heavy atom. The zero-order chi connectivity index (χ0) is 18.1. The second kappa shape index (κ2) is 6.34. The summed E-state index contributed by atoms with van der Waals surface area (Å²) in [7, 11) is 0. The number of nitrogens with zero attached hydrogens (tertiary/aromatic N) is 4. The molecule has 0 bridgehead atoms. The fourth-order valence-corrected chi connectivity index (χ4v) is 2.56. The highest BCUT2D eigenvalue weighted by Gasteiger charge is 2.48. The van der Waals surface area contributed by atoms with Crippen molar-refractivity contribution in [1.29, 1.82) is 0 Å². The molecule has 0 amide bonds. The average Bonchev–Trinajstić information content (AvgIpc) is 3.10. The molecule has 25 heavy (non-hydrogen) atoms. The number of anilines is 1. The van der Waals surface area contributed by atoms with Gasteiger partial charge < -0.3 is 19.9 Å². The Labute approximate surface area is 140 Å². The minimum Gasteiger partial charge on any atom is -0.464 e. The molecule has 10 nitrogen and oxygen atoms in total. The number of esters is 2. The number of nitrogen functional groups attached to an aromatic ring is 1. The highest BCUT2D eigenvalue weighted by atomic mass is 19.1. The number of fused-ring (bicyclic) bond motifs is 1. The molecule has 11 heteroatoms. The minimum absolute atomic E-state index is 0.142. The maximum atomic E-state index is 13.2. The third-order valence-corrected chi connectivity index (χ3v) is 3.48. The second-order valence-electron chi connectivity index (χ2n) is 5.21. The monoisotopic (exact) mass is 351 g/mol. The van der Waals surface area contributed by atoms with Gasteiger partial charge in [-0.2, -0.15) is 0 Å². The summed E-state index contributed by atoms with van der Waals surface area (Å²) in [5.41, 5.74) is 6.33. The van der Waals surface area contributed by atoms with Crippen molar-refractivity contribution in [2.45, 2.75) is 32.3 Å². The van der Waals surface area contributed by atoms with Gasteiger partial charge in [0.25, 0.3) is 0 Å². The molecule has 0 unspecified atom stereocenters. The molecule has 0 saturated carbocycles. The third kappa shape index (κ3) is 2.95. The molecular formula is C14H14FN5O5. The van der Waals surface area contributed by atoms with Crippen LogP contribution in [0.1, 0.15) is 20.1 Å². The molecule has 3 atom stereocenters. The molecule has 0 aromatic carbocycles. The highest BCUT2D eigenvalue weighted by molar-refractivity contribution is 5.81. The fraction of sp³-hybridized carbons (Fsp3) is 0.357. The van der Waals surface area contributed by atoms with E-state index >= 15 is 0 Å². The molecule has 2 aromatic heterocycles. The van der Waals surface area contributed by atoms with Gasteiger partial charge in [-0.3, -0.25) is 14.2 Å². The normalized spacial score (nSPS) is 24.3. The Morgan fingerprint density at radius 3 is 2.64 bits per heavy atom. The van der Waals surface area contributed by atoms with Gasteiger partial charge >= 0.3 is 11.9 Å². The lowest BCUT2D eigenvalue weighted by Crippen LogP contribution is -2.35. The van der Waals surface area contributed by atoms with Crippen molar-refractivity contribution in [1.82, 2.24) is 19.5 Å². The number of rotatable bonds is 3. The van der Waals surface area contributed by atoms with Gasteiger partial charge in [0.2, 0.25) is 18.4 Å². The fourth-order valence-electron chi connectivity index (χ4n) is 2.56. The first-order valence-electron chi connectivity index (χ1n) is 7.16. The second-order valence-corrected chi connectivity index (χ2v) is 5.21. The number of halogens is 1. The summed E-state index contributed by atoms with van der Waals surface area (Å²) >= 11 is 0. The Hall–Kier alpha value is -3.24. The average molecular weight is 351 g/mol. The number of carbonyl (C=O) groups is 2. The van der Waals surface area contributed by atoms with Gasteiger partial charge in [0.1, 0.15) is 24.5 Å². The maximum Gasteiger partial charge on any atom is 0.303 e. The van der Waals surface area contributed by atoms with Gasteiger partial charge in [-0.15, -0.1) is 0 Å². The predicted octanol–water partition coefficient (Wildman–Crippen LogP) is 0.612. The summed E-state index contributed by atoms with van der Waals surface area (Å²) in [5.74, 6) is -1.50. The van der Waals surface area contributed by atoms with E-state index in [1.165, 1.54) is 24.1 Å². The Kier molecular flexibility index (Phi) is 4.21. The molecule has 1 aliphatic heterocycles. The summed E-state index contributed by atoms with van der Waals surface area (Å²) in [5, 5.41) is 0. The van der Waals surface area contributed by atoms with Crippen LogP contribution >= 0.6 is 0 Å². The summed E-state index contributed by atoms with van der Waals surface area (Å²) in [4.78, 5) is 34.7. The molecule has 1 fully saturated rings. The van der Waals surface area contributed by atoms with Crippen LogP contribution in [0.5, 0.6) is 0 Å². The van der Waals surface area contributed by atoms with E-state index in [4.69, 9.17) is 19.9 Å². The maximum absolute atomic E-state index is 13.2. The molecular weight excluding hydrogens is 337 g/mol. The molecule has 3 rings (SSSR count). The van der Waals surface area contributed by atoms with Crippen molar-refractivity contribution >= 4 is 28.9 Å². The van der Waals surface area contributed by atoms with E-state index in [0.29, 0.717) is 5.52 Å². The van der Waals surface area contributed by atoms with E-state index in [9.17, 15) is 14.0 Å². The van der Waals surface area contributed by atoms with Crippen molar-refractivity contribution in [2.24, 2.45) is 0 Å². The van der Waals surface area contributed by atoms with Gasteiger partial charge in [-0.25, -0.2) is 19.3 Å². The van der Waals surface area contributed by atoms with Crippen LogP contribution in [0.15, 0.2) is 24.7 Å². The Balaban J connectivity index is 2.07. The zero-order valence-electron chi connectivity index (χ0n) is 13.2. The highest BCUT2D eigenvalue weighted by Crippen LogP contribution is 2.38. The van der Waals surface area contributed by atoms with Gasteiger partial charge in [-0.05, 0) is 0 Å².